The maximum absolute atomic E-state index is 12.6. The summed E-state index contributed by atoms with van der Waals surface area (Å²) in [7, 11) is 4.06. The van der Waals surface area contributed by atoms with Crippen molar-refractivity contribution in [1.82, 2.24) is 9.80 Å². The van der Waals surface area contributed by atoms with E-state index in [-0.39, 0.29) is 12.7 Å². The molecule has 0 atom stereocenters. The van der Waals surface area contributed by atoms with Gasteiger partial charge in [-0.3, -0.25) is 4.79 Å². The molecule has 0 N–H and O–H groups in total. The second kappa shape index (κ2) is 7.74. The summed E-state index contributed by atoms with van der Waals surface area (Å²) in [4.78, 5) is 21.1. The molecule has 3 rings (SSSR count). The first-order valence-electron chi connectivity index (χ1n) is 8.65. The monoisotopic (exact) mass is 347 g/mol. The first-order chi connectivity index (χ1) is 12.1. The van der Waals surface area contributed by atoms with Crippen molar-refractivity contribution in [3.8, 4) is 11.5 Å². The van der Waals surface area contributed by atoms with Crippen LogP contribution in [0.3, 0.4) is 0 Å². The Bertz CT molecular complexity index is 654. The van der Waals surface area contributed by atoms with E-state index in [1.807, 2.05) is 18.9 Å². The van der Waals surface area contributed by atoms with Gasteiger partial charge in [0, 0.05) is 18.7 Å². The Labute approximate surface area is 148 Å². The minimum Gasteiger partial charge on any atom is -0.465 e. The van der Waals surface area contributed by atoms with Crippen LogP contribution in [0.4, 0.5) is 0 Å². The van der Waals surface area contributed by atoms with Crippen LogP contribution >= 0.6 is 0 Å². The molecule has 7 nitrogen and oxygen atoms in total. The Morgan fingerprint density at radius 3 is 2.76 bits per heavy atom. The van der Waals surface area contributed by atoms with Gasteiger partial charge in [-0.1, -0.05) is 0 Å². The maximum Gasteiger partial charge on any atom is 0.295 e. The predicted molar refractivity (Wildman–Crippen MR) is 94.2 cm³/mol. The van der Waals surface area contributed by atoms with Crippen molar-refractivity contribution in [1.29, 1.82) is 0 Å². The minimum atomic E-state index is -0.346. The molecule has 0 aromatic heterocycles. The summed E-state index contributed by atoms with van der Waals surface area (Å²) < 4.78 is 16.3. The normalized spacial score (nSPS) is 18.3. The van der Waals surface area contributed by atoms with Crippen LogP contribution < -0.4 is 9.47 Å². The van der Waals surface area contributed by atoms with Crippen LogP contribution in [0.5, 0.6) is 11.5 Å². The van der Waals surface area contributed by atoms with Crippen LogP contribution in [0.2, 0.25) is 0 Å². The Balaban J connectivity index is 1.75. The summed E-state index contributed by atoms with van der Waals surface area (Å²) in [6.45, 7) is 4.60. The second-order valence-electron chi connectivity index (χ2n) is 6.35. The van der Waals surface area contributed by atoms with Gasteiger partial charge in [0.05, 0.1) is 6.61 Å². The number of amidine groups is 1. The Morgan fingerprint density at radius 1 is 1.32 bits per heavy atom. The van der Waals surface area contributed by atoms with Crippen molar-refractivity contribution >= 4 is 11.9 Å². The fourth-order valence-electron chi connectivity index (χ4n) is 3.06. The molecule has 1 aromatic rings. The Hall–Kier alpha value is -2.28. The van der Waals surface area contributed by atoms with E-state index >= 15 is 0 Å². The average molecular weight is 347 g/mol. The molecule has 0 spiro atoms. The zero-order valence-corrected chi connectivity index (χ0v) is 15.0. The molecule has 2 aliphatic rings. The molecule has 0 unspecified atom stereocenters. The van der Waals surface area contributed by atoms with Crippen molar-refractivity contribution in [2.24, 2.45) is 4.99 Å². The summed E-state index contributed by atoms with van der Waals surface area (Å²) in [5.41, 5.74) is 0.457. The lowest BCUT2D eigenvalue weighted by molar-refractivity contribution is 0.0989. The third kappa shape index (κ3) is 4.04. The third-order valence-corrected chi connectivity index (χ3v) is 4.63. The van der Waals surface area contributed by atoms with E-state index in [9.17, 15) is 4.79 Å². The summed E-state index contributed by atoms with van der Waals surface area (Å²) >= 11 is 0. The first-order valence-corrected chi connectivity index (χ1v) is 8.65. The fraction of sp³-hybridized carbons (Fsp3) is 0.556. The molecule has 0 radical (unpaired) electrons. The number of carbonyl (C=O) groups is 1. The zero-order valence-electron chi connectivity index (χ0n) is 15.0. The van der Waals surface area contributed by atoms with Gasteiger partial charge in [-0.15, -0.1) is 0 Å². The number of hydrogen-bond donors (Lipinski definition) is 0. The standard InChI is InChI=1S/C18H25N3O4/c1-4-23-18(21(3)14-7-9-20(2)10-8-14)19-17(22)13-5-6-15-16(11-13)25-12-24-15/h5-6,11,14H,4,7-10,12H2,1-3H3. The minimum absolute atomic E-state index is 0.180. The van der Waals surface area contributed by atoms with Gasteiger partial charge in [-0.05, 0) is 58.1 Å². The Morgan fingerprint density at radius 2 is 2.04 bits per heavy atom. The van der Waals surface area contributed by atoms with Gasteiger partial charge in [-0.25, -0.2) is 0 Å². The molecule has 1 saturated heterocycles. The highest BCUT2D eigenvalue weighted by molar-refractivity contribution is 6.01. The van der Waals surface area contributed by atoms with Gasteiger partial charge in [0.1, 0.15) is 0 Å². The van der Waals surface area contributed by atoms with Gasteiger partial charge >= 0.3 is 0 Å². The number of likely N-dealkylation sites (tertiary alicyclic amines) is 1. The summed E-state index contributed by atoms with van der Waals surface area (Å²) in [6, 6.07) is 5.78. The number of rotatable bonds is 3. The van der Waals surface area contributed by atoms with Crippen LogP contribution in [0.15, 0.2) is 23.2 Å². The molecule has 25 heavy (non-hydrogen) atoms. The molecule has 2 heterocycles. The van der Waals surface area contributed by atoms with Crippen molar-refractivity contribution in [3.05, 3.63) is 23.8 Å². The highest BCUT2D eigenvalue weighted by Gasteiger charge is 2.25. The molecule has 1 fully saturated rings. The van der Waals surface area contributed by atoms with Crippen LogP contribution in [-0.4, -0.2) is 68.4 Å². The van der Waals surface area contributed by atoms with Crippen LogP contribution in [0.1, 0.15) is 30.1 Å². The van der Waals surface area contributed by atoms with Crippen LogP contribution in [-0.2, 0) is 4.74 Å². The zero-order chi connectivity index (χ0) is 17.8. The molecule has 2 aliphatic heterocycles. The number of amides is 1. The summed E-state index contributed by atoms with van der Waals surface area (Å²) in [6.07, 6.45) is 2.05. The average Bonchev–Trinajstić information content (AvgIpc) is 3.09. The maximum atomic E-state index is 12.6. The van der Waals surface area contributed by atoms with Crippen molar-refractivity contribution < 1.29 is 19.0 Å². The van der Waals surface area contributed by atoms with Crippen molar-refractivity contribution in [3.63, 3.8) is 0 Å². The second-order valence-corrected chi connectivity index (χ2v) is 6.35. The molecule has 1 amide bonds. The molecule has 0 saturated carbocycles. The van der Waals surface area contributed by atoms with E-state index in [0.717, 1.165) is 25.9 Å². The largest absolute Gasteiger partial charge is 0.465 e. The lowest BCUT2D eigenvalue weighted by atomic mass is 10.0. The first kappa shape index (κ1) is 17.5. The molecular formula is C18H25N3O4. The highest BCUT2D eigenvalue weighted by Crippen LogP contribution is 2.32. The van der Waals surface area contributed by atoms with E-state index in [2.05, 4.69) is 16.9 Å². The van der Waals surface area contributed by atoms with Gasteiger partial charge < -0.3 is 24.0 Å². The van der Waals surface area contributed by atoms with Gasteiger partial charge in [0.2, 0.25) is 6.79 Å². The molecule has 7 heteroatoms. The van der Waals surface area contributed by atoms with Crippen LogP contribution in [0, 0.1) is 0 Å². The highest BCUT2D eigenvalue weighted by atomic mass is 16.7. The number of benzene rings is 1. The van der Waals surface area contributed by atoms with Gasteiger partial charge in [0.25, 0.3) is 11.9 Å². The molecule has 136 valence electrons. The molecule has 1 aromatic carbocycles. The SMILES string of the molecule is CCOC(=NC(=O)c1ccc2c(c1)OCO2)N(C)C1CCN(C)CC1. The van der Waals surface area contributed by atoms with Crippen LogP contribution in [0.25, 0.3) is 0 Å². The van der Waals surface area contributed by atoms with Crippen molar-refractivity contribution in [2.75, 3.05) is 40.6 Å². The van der Waals surface area contributed by atoms with E-state index in [1.165, 1.54) is 0 Å². The predicted octanol–water partition coefficient (Wildman–Crippen LogP) is 1.97. The smallest absolute Gasteiger partial charge is 0.295 e. The van der Waals surface area contributed by atoms with Gasteiger partial charge in [-0.2, -0.15) is 4.99 Å². The third-order valence-electron chi connectivity index (χ3n) is 4.63. The summed E-state index contributed by atoms with van der Waals surface area (Å²) in [5.74, 6) is 0.873. The van der Waals surface area contributed by atoms with E-state index in [0.29, 0.717) is 35.7 Å². The van der Waals surface area contributed by atoms with E-state index in [1.54, 1.807) is 18.2 Å². The van der Waals surface area contributed by atoms with Crippen molar-refractivity contribution in [2.45, 2.75) is 25.8 Å². The Kier molecular flexibility index (Phi) is 5.43. The number of aliphatic imine (C=N–C) groups is 1. The molecular weight excluding hydrogens is 322 g/mol. The quantitative estimate of drug-likeness (QED) is 0.615. The summed E-state index contributed by atoms with van der Waals surface area (Å²) in [5, 5.41) is 0. The molecule has 0 aliphatic carbocycles. The van der Waals surface area contributed by atoms with E-state index in [4.69, 9.17) is 14.2 Å². The number of fused-ring (bicyclic) bond motifs is 1. The number of hydrogen-bond acceptors (Lipinski definition) is 5. The lowest BCUT2D eigenvalue weighted by Gasteiger charge is -2.35. The topological polar surface area (TPSA) is 63.6 Å². The van der Waals surface area contributed by atoms with Gasteiger partial charge in [0.15, 0.2) is 11.5 Å². The van der Waals surface area contributed by atoms with E-state index < -0.39 is 0 Å². The lowest BCUT2D eigenvalue weighted by Crippen LogP contribution is -2.45. The number of ether oxygens (including phenoxy) is 3. The number of carbonyl (C=O) groups excluding carboxylic acids is 1. The number of nitrogens with zero attached hydrogens (tertiary/aromatic N) is 3. The fourth-order valence-corrected chi connectivity index (χ4v) is 3.06. The molecule has 0 bridgehead atoms. The number of piperidine rings is 1.